The molecule has 6 heteroatoms. The molecule has 0 radical (unpaired) electrons. The van der Waals surface area contributed by atoms with E-state index in [-0.39, 0.29) is 5.97 Å². The lowest BCUT2D eigenvalue weighted by Crippen LogP contribution is -2.09. The van der Waals surface area contributed by atoms with Crippen molar-refractivity contribution in [1.82, 2.24) is 0 Å². The van der Waals surface area contributed by atoms with Crippen LogP contribution in [0.4, 0.5) is 11.4 Å². The van der Waals surface area contributed by atoms with Crippen molar-refractivity contribution in [2.45, 2.75) is 20.3 Å². The summed E-state index contributed by atoms with van der Waals surface area (Å²) in [7, 11) is 1.70. The van der Waals surface area contributed by atoms with Crippen LogP contribution in [0.25, 0.3) is 0 Å². The highest BCUT2D eigenvalue weighted by molar-refractivity contribution is 5.96. The number of esters is 1. The molecule has 0 aliphatic heterocycles. The highest BCUT2D eigenvalue weighted by Crippen LogP contribution is 2.18. The minimum Gasteiger partial charge on any atom is -0.478 e. The van der Waals surface area contributed by atoms with Crippen molar-refractivity contribution < 1.29 is 19.4 Å². The molecule has 2 rings (SSSR count). The second kappa shape index (κ2) is 9.97. The van der Waals surface area contributed by atoms with Crippen LogP contribution in [-0.4, -0.2) is 30.7 Å². The molecule has 0 spiro atoms. The number of aromatic carboxylic acids is 1. The number of rotatable bonds is 5. The van der Waals surface area contributed by atoms with Gasteiger partial charge in [-0.1, -0.05) is 31.2 Å². The van der Waals surface area contributed by atoms with Crippen LogP contribution in [0.2, 0.25) is 0 Å². The van der Waals surface area contributed by atoms with Gasteiger partial charge < -0.3 is 20.9 Å². The topological polar surface area (TPSA) is 102 Å². The molecule has 0 saturated carbocycles. The van der Waals surface area contributed by atoms with E-state index >= 15 is 0 Å². The fourth-order valence-corrected chi connectivity index (χ4v) is 2.20. The molecule has 0 saturated heterocycles. The molecule has 0 bridgehead atoms. The largest absolute Gasteiger partial charge is 0.478 e. The van der Waals surface area contributed by atoms with E-state index in [0.29, 0.717) is 29.1 Å². The highest BCUT2D eigenvalue weighted by Gasteiger charge is 2.12. The van der Waals surface area contributed by atoms with E-state index in [9.17, 15) is 9.59 Å². The van der Waals surface area contributed by atoms with Gasteiger partial charge in [-0.3, -0.25) is 0 Å². The first kappa shape index (κ1) is 20.0. The molecule has 0 fully saturated rings. The van der Waals surface area contributed by atoms with Crippen LogP contribution in [0.1, 0.15) is 40.1 Å². The first-order valence-corrected chi connectivity index (χ1v) is 8.00. The molecule has 0 amide bonds. The lowest BCUT2D eigenvalue weighted by atomic mass is 10.1. The fourth-order valence-electron chi connectivity index (χ4n) is 2.20. The summed E-state index contributed by atoms with van der Waals surface area (Å²) >= 11 is 0. The summed E-state index contributed by atoms with van der Waals surface area (Å²) in [5.41, 5.74) is 8.75. The van der Waals surface area contributed by atoms with E-state index in [2.05, 4.69) is 5.32 Å². The lowest BCUT2D eigenvalue weighted by Gasteiger charge is -2.08. The lowest BCUT2D eigenvalue weighted by molar-refractivity contribution is 0.0527. The van der Waals surface area contributed by atoms with Gasteiger partial charge in [-0.25, -0.2) is 9.59 Å². The molecule has 0 aliphatic carbocycles. The van der Waals surface area contributed by atoms with Gasteiger partial charge in [0.05, 0.1) is 17.7 Å². The van der Waals surface area contributed by atoms with Crippen LogP contribution < -0.4 is 11.1 Å². The number of hydrogen-bond acceptors (Lipinski definition) is 5. The molecule has 0 heterocycles. The van der Waals surface area contributed by atoms with Gasteiger partial charge in [-0.15, -0.1) is 0 Å². The number of carbonyl (C=O) groups is 2. The van der Waals surface area contributed by atoms with E-state index in [1.54, 1.807) is 44.3 Å². The third kappa shape index (κ3) is 5.53. The minimum atomic E-state index is -0.907. The maximum atomic E-state index is 11.4. The molecule has 0 unspecified atom stereocenters. The molecule has 6 nitrogen and oxygen atoms in total. The molecule has 2 aromatic carbocycles. The number of para-hydroxylation sites is 2. The summed E-state index contributed by atoms with van der Waals surface area (Å²) in [5, 5.41) is 11.5. The van der Waals surface area contributed by atoms with Crippen molar-refractivity contribution in [2.24, 2.45) is 0 Å². The number of benzene rings is 2. The molecule has 0 aromatic heterocycles. The number of anilines is 2. The Hall–Kier alpha value is -3.02. The summed E-state index contributed by atoms with van der Waals surface area (Å²) in [4.78, 5) is 22.0. The number of carboxylic acid groups (broad SMARTS) is 1. The zero-order valence-electron chi connectivity index (χ0n) is 14.7. The Kier molecular flexibility index (Phi) is 7.99. The second-order valence-electron chi connectivity index (χ2n) is 5.05. The van der Waals surface area contributed by atoms with E-state index in [0.717, 1.165) is 12.0 Å². The summed E-state index contributed by atoms with van der Waals surface area (Å²) in [6.45, 7) is 4.15. The number of carboxylic acids is 1. The van der Waals surface area contributed by atoms with Crippen LogP contribution in [0.15, 0.2) is 42.5 Å². The number of nitrogen functional groups attached to an aromatic ring is 1. The standard InChI is InChI=1S/C11H15NO2.C8H9NO2/c1-3-8-6-5-7-9(10(8)12)11(13)14-4-2;1-9-7-5-3-2-4-6(7)8(10)11/h5-7H,3-4,12H2,1-2H3;2-5,9H,1H3,(H,10,11). The van der Waals surface area contributed by atoms with Crippen molar-refractivity contribution in [2.75, 3.05) is 24.7 Å². The van der Waals surface area contributed by atoms with Gasteiger partial charge in [0.25, 0.3) is 0 Å². The number of nitrogens with two attached hydrogens (primary N) is 1. The van der Waals surface area contributed by atoms with Gasteiger partial charge in [0.2, 0.25) is 0 Å². The minimum absolute atomic E-state index is 0.301. The molecule has 4 N–H and O–H groups in total. The van der Waals surface area contributed by atoms with Crippen molar-refractivity contribution in [3.05, 3.63) is 59.2 Å². The number of hydrogen-bond donors (Lipinski definition) is 3. The van der Waals surface area contributed by atoms with Gasteiger partial charge in [0.1, 0.15) is 0 Å². The number of ether oxygens (including phenoxy) is 1. The third-order valence-corrected chi connectivity index (χ3v) is 3.50. The van der Waals surface area contributed by atoms with Gasteiger partial charge in [-0.05, 0) is 37.1 Å². The molecule has 0 aliphatic rings. The van der Waals surface area contributed by atoms with Crippen molar-refractivity contribution in [1.29, 1.82) is 0 Å². The molecule has 0 atom stereocenters. The Balaban J connectivity index is 0.000000257. The van der Waals surface area contributed by atoms with Crippen LogP contribution >= 0.6 is 0 Å². The van der Waals surface area contributed by atoms with Gasteiger partial charge in [0, 0.05) is 18.4 Å². The van der Waals surface area contributed by atoms with Crippen LogP contribution in [0.3, 0.4) is 0 Å². The average Bonchev–Trinajstić information content (AvgIpc) is 2.62. The predicted molar refractivity (Wildman–Crippen MR) is 99.1 cm³/mol. The summed E-state index contributed by atoms with van der Waals surface area (Å²) in [6.07, 6.45) is 0.819. The van der Waals surface area contributed by atoms with Crippen molar-refractivity contribution in [3.63, 3.8) is 0 Å². The van der Waals surface area contributed by atoms with E-state index in [1.807, 2.05) is 19.1 Å². The average molecular weight is 344 g/mol. The molecular formula is C19H24N2O4. The predicted octanol–water partition coefficient (Wildman–Crippen LogP) is 3.43. The monoisotopic (exact) mass is 344 g/mol. The zero-order chi connectivity index (χ0) is 18.8. The first-order chi connectivity index (χ1) is 12.0. The Bertz CT molecular complexity index is 729. The summed E-state index contributed by atoms with van der Waals surface area (Å²) in [5.74, 6) is -1.25. The van der Waals surface area contributed by atoms with Gasteiger partial charge in [0.15, 0.2) is 0 Å². The van der Waals surface area contributed by atoms with Crippen molar-refractivity contribution >= 4 is 23.3 Å². The zero-order valence-corrected chi connectivity index (χ0v) is 14.7. The summed E-state index contributed by atoms with van der Waals surface area (Å²) < 4.78 is 4.89. The number of aryl methyl sites for hydroxylation is 1. The van der Waals surface area contributed by atoms with Crippen LogP contribution in [-0.2, 0) is 11.2 Å². The van der Waals surface area contributed by atoms with Crippen LogP contribution in [0.5, 0.6) is 0 Å². The molecule has 25 heavy (non-hydrogen) atoms. The summed E-state index contributed by atoms with van der Waals surface area (Å²) in [6, 6.07) is 12.2. The Morgan fingerprint density at radius 3 is 2.24 bits per heavy atom. The van der Waals surface area contributed by atoms with E-state index in [1.165, 1.54) is 0 Å². The van der Waals surface area contributed by atoms with Crippen molar-refractivity contribution in [3.8, 4) is 0 Å². The fraction of sp³-hybridized carbons (Fsp3) is 0.263. The number of carbonyl (C=O) groups excluding carboxylic acids is 1. The molecular weight excluding hydrogens is 320 g/mol. The Morgan fingerprint density at radius 2 is 1.72 bits per heavy atom. The Labute approximate surface area is 147 Å². The maximum Gasteiger partial charge on any atom is 0.340 e. The van der Waals surface area contributed by atoms with E-state index < -0.39 is 5.97 Å². The van der Waals surface area contributed by atoms with Gasteiger partial charge >= 0.3 is 11.9 Å². The highest BCUT2D eigenvalue weighted by atomic mass is 16.5. The molecule has 134 valence electrons. The SMILES string of the molecule is CCOC(=O)c1cccc(CC)c1N.CNc1ccccc1C(=O)O. The maximum absolute atomic E-state index is 11.4. The first-order valence-electron chi connectivity index (χ1n) is 8.00. The second-order valence-corrected chi connectivity index (χ2v) is 5.05. The van der Waals surface area contributed by atoms with Gasteiger partial charge in [-0.2, -0.15) is 0 Å². The third-order valence-electron chi connectivity index (χ3n) is 3.50. The molecule has 2 aromatic rings. The quantitative estimate of drug-likeness (QED) is 0.567. The van der Waals surface area contributed by atoms with Crippen LogP contribution in [0, 0.1) is 0 Å². The Morgan fingerprint density at radius 1 is 1.08 bits per heavy atom. The number of nitrogens with one attached hydrogen (secondary N) is 1. The smallest absolute Gasteiger partial charge is 0.340 e. The normalized spacial score (nSPS) is 9.56. The van der Waals surface area contributed by atoms with E-state index in [4.69, 9.17) is 15.6 Å².